The van der Waals surface area contributed by atoms with Gasteiger partial charge in [-0.1, -0.05) is 109 Å². The highest BCUT2D eigenvalue weighted by atomic mass is 15.2. The Morgan fingerprint density at radius 2 is 0.431 bits per heavy atom. The average molecular weight is 743 g/mol. The van der Waals surface area contributed by atoms with Gasteiger partial charge in [-0.25, -0.2) is 0 Å². The minimum absolute atomic E-state index is 1.07. The summed E-state index contributed by atoms with van der Waals surface area (Å²) < 4.78 is 4.74. The zero-order chi connectivity index (χ0) is 38.4. The number of hydrogen-bond acceptors (Lipinski definition) is 2. The second-order valence-corrected chi connectivity index (χ2v) is 14.6. The molecule has 11 rings (SSSR count). The van der Waals surface area contributed by atoms with E-state index in [2.05, 4.69) is 249 Å². The van der Waals surface area contributed by atoms with Crippen LogP contribution in [0, 0.1) is 0 Å². The fourth-order valence-corrected chi connectivity index (χ4v) is 8.70. The molecule has 0 saturated heterocycles. The molecule has 0 radical (unpaired) electrons. The lowest BCUT2D eigenvalue weighted by Gasteiger charge is -2.28. The first-order valence-corrected chi connectivity index (χ1v) is 19.8. The Labute approximate surface area is 337 Å². The van der Waals surface area contributed by atoms with Gasteiger partial charge in [-0.05, 0) is 121 Å². The van der Waals surface area contributed by atoms with Crippen LogP contribution < -0.4 is 9.80 Å². The molecule has 0 aliphatic carbocycles. The summed E-state index contributed by atoms with van der Waals surface area (Å²) >= 11 is 0. The van der Waals surface area contributed by atoms with Crippen LogP contribution in [0.15, 0.2) is 231 Å². The number of aromatic nitrogens is 2. The molecule has 0 aliphatic rings. The Morgan fingerprint density at radius 1 is 0.207 bits per heavy atom. The molecule has 0 fully saturated rings. The highest BCUT2D eigenvalue weighted by Gasteiger charge is 2.18. The maximum Gasteiger partial charge on any atom is 0.0541 e. The van der Waals surface area contributed by atoms with E-state index in [1.807, 2.05) is 0 Å². The molecule has 11 aromatic rings. The van der Waals surface area contributed by atoms with Gasteiger partial charge in [-0.3, -0.25) is 0 Å². The third kappa shape index (κ3) is 5.62. The summed E-state index contributed by atoms with van der Waals surface area (Å²) in [6.07, 6.45) is 0. The van der Waals surface area contributed by atoms with E-state index < -0.39 is 0 Å². The molecule has 4 nitrogen and oxygen atoms in total. The van der Waals surface area contributed by atoms with Gasteiger partial charge < -0.3 is 18.9 Å². The molecule has 0 N–H and O–H groups in total. The molecule has 0 atom stereocenters. The van der Waals surface area contributed by atoms with Crippen molar-refractivity contribution in [3.63, 3.8) is 0 Å². The van der Waals surface area contributed by atoms with Gasteiger partial charge in [-0.15, -0.1) is 0 Å². The lowest BCUT2D eigenvalue weighted by atomic mass is 10.1. The molecule has 2 aromatic heterocycles. The van der Waals surface area contributed by atoms with Crippen molar-refractivity contribution >= 4 is 77.7 Å². The average Bonchev–Trinajstić information content (AvgIpc) is 3.82. The fraction of sp³-hybridized carbons (Fsp3) is 0. The van der Waals surface area contributed by atoms with Crippen LogP contribution in [0.25, 0.3) is 55.0 Å². The molecular formula is C54H38N4. The molecule has 0 unspecified atom stereocenters. The van der Waals surface area contributed by atoms with Gasteiger partial charge in [-0.2, -0.15) is 0 Å². The quantitative estimate of drug-likeness (QED) is 0.154. The van der Waals surface area contributed by atoms with Gasteiger partial charge in [0.15, 0.2) is 0 Å². The molecule has 0 bridgehead atoms. The number of fused-ring (bicyclic) bond motifs is 6. The van der Waals surface area contributed by atoms with E-state index in [1.54, 1.807) is 0 Å². The van der Waals surface area contributed by atoms with Crippen LogP contribution in [0.4, 0.5) is 34.1 Å². The Morgan fingerprint density at radius 3 is 0.724 bits per heavy atom. The molecule has 0 saturated carbocycles. The van der Waals surface area contributed by atoms with Crippen molar-refractivity contribution in [1.82, 2.24) is 9.13 Å². The second-order valence-electron chi connectivity index (χ2n) is 14.6. The van der Waals surface area contributed by atoms with E-state index in [-0.39, 0.29) is 0 Å². The smallest absolute Gasteiger partial charge is 0.0541 e. The van der Waals surface area contributed by atoms with Gasteiger partial charge >= 0.3 is 0 Å². The highest BCUT2D eigenvalue weighted by molar-refractivity contribution is 6.10. The number of para-hydroxylation sites is 6. The minimum atomic E-state index is 1.07. The summed E-state index contributed by atoms with van der Waals surface area (Å²) in [6, 6.07) is 82.7. The van der Waals surface area contributed by atoms with Crippen molar-refractivity contribution in [3.8, 4) is 11.4 Å². The Balaban J connectivity index is 1.03. The summed E-state index contributed by atoms with van der Waals surface area (Å²) in [5.74, 6) is 0. The van der Waals surface area contributed by atoms with E-state index in [4.69, 9.17) is 0 Å². The molecule has 0 amide bonds. The van der Waals surface area contributed by atoms with Gasteiger partial charge in [0.1, 0.15) is 0 Å². The second kappa shape index (κ2) is 14.0. The van der Waals surface area contributed by atoms with Crippen LogP contribution in [0.3, 0.4) is 0 Å². The van der Waals surface area contributed by atoms with Crippen LogP contribution in [-0.4, -0.2) is 9.13 Å². The summed E-state index contributed by atoms with van der Waals surface area (Å²) in [5, 5.41) is 5.03. The Hall–Kier alpha value is -7.82. The summed E-state index contributed by atoms with van der Waals surface area (Å²) in [5.41, 5.74) is 13.6. The van der Waals surface area contributed by atoms with Gasteiger partial charge in [0.05, 0.1) is 22.1 Å². The van der Waals surface area contributed by atoms with E-state index in [0.29, 0.717) is 0 Å². The number of hydrogen-bond donors (Lipinski definition) is 0. The number of nitrogens with zero attached hydrogens (tertiary/aromatic N) is 4. The van der Waals surface area contributed by atoms with E-state index in [1.165, 1.54) is 43.6 Å². The van der Waals surface area contributed by atoms with Gasteiger partial charge in [0.25, 0.3) is 0 Å². The number of anilines is 6. The first-order chi connectivity index (χ1) is 28.8. The predicted octanol–water partition coefficient (Wildman–Crippen LogP) is 14.8. The standard InChI is InChI=1S/C54H38N4/c1-3-15-39(16-4-1)55(40-17-5-2-6-18-40)41-27-29-42(30-28-41)56(43-31-35-45(36-32-43)57-51-23-11-7-19-47(51)48-20-8-12-24-52(48)57)44-33-37-46(38-34-44)58-53-25-13-9-21-49(53)50-22-10-14-26-54(50)58/h1-38H. The minimum Gasteiger partial charge on any atom is -0.311 e. The van der Waals surface area contributed by atoms with Crippen LogP contribution >= 0.6 is 0 Å². The Kier molecular flexibility index (Phi) is 8.11. The Bertz CT molecular complexity index is 2900. The summed E-state index contributed by atoms with van der Waals surface area (Å²) in [4.78, 5) is 4.65. The first-order valence-electron chi connectivity index (χ1n) is 19.8. The normalized spacial score (nSPS) is 11.4. The summed E-state index contributed by atoms with van der Waals surface area (Å²) in [7, 11) is 0. The van der Waals surface area contributed by atoms with Crippen molar-refractivity contribution in [2.45, 2.75) is 0 Å². The van der Waals surface area contributed by atoms with E-state index in [9.17, 15) is 0 Å². The fourth-order valence-electron chi connectivity index (χ4n) is 8.70. The largest absolute Gasteiger partial charge is 0.311 e. The maximum absolute atomic E-state index is 2.37. The lowest BCUT2D eigenvalue weighted by Crippen LogP contribution is -2.12. The molecular weight excluding hydrogens is 705 g/mol. The maximum atomic E-state index is 2.37. The molecule has 0 spiro atoms. The van der Waals surface area contributed by atoms with Gasteiger partial charge in [0.2, 0.25) is 0 Å². The van der Waals surface area contributed by atoms with Crippen molar-refractivity contribution in [1.29, 1.82) is 0 Å². The molecule has 2 heterocycles. The van der Waals surface area contributed by atoms with Crippen molar-refractivity contribution < 1.29 is 0 Å². The number of rotatable bonds is 8. The molecule has 9 aromatic carbocycles. The zero-order valence-corrected chi connectivity index (χ0v) is 31.7. The molecule has 0 aliphatic heterocycles. The van der Waals surface area contributed by atoms with Gasteiger partial charge in [0, 0.05) is 67.0 Å². The molecule has 4 heteroatoms. The van der Waals surface area contributed by atoms with Crippen molar-refractivity contribution in [3.05, 3.63) is 231 Å². The third-order valence-electron chi connectivity index (χ3n) is 11.3. The molecule has 58 heavy (non-hydrogen) atoms. The summed E-state index contributed by atoms with van der Waals surface area (Å²) in [6.45, 7) is 0. The SMILES string of the molecule is c1ccc(N(c2ccccc2)c2ccc(N(c3ccc(-n4c5ccccc5c5ccccc54)cc3)c3ccc(-n4c5ccccc5c5ccccc54)cc3)cc2)cc1. The van der Waals surface area contributed by atoms with Crippen LogP contribution in [0.2, 0.25) is 0 Å². The topological polar surface area (TPSA) is 16.3 Å². The van der Waals surface area contributed by atoms with Crippen LogP contribution in [-0.2, 0) is 0 Å². The monoisotopic (exact) mass is 742 g/mol. The highest BCUT2D eigenvalue weighted by Crippen LogP contribution is 2.41. The predicted molar refractivity (Wildman–Crippen MR) is 244 cm³/mol. The third-order valence-corrected chi connectivity index (χ3v) is 11.3. The van der Waals surface area contributed by atoms with Crippen molar-refractivity contribution in [2.75, 3.05) is 9.80 Å². The van der Waals surface area contributed by atoms with Crippen LogP contribution in [0.1, 0.15) is 0 Å². The zero-order valence-electron chi connectivity index (χ0n) is 31.7. The van der Waals surface area contributed by atoms with Crippen molar-refractivity contribution in [2.24, 2.45) is 0 Å². The molecule has 274 valence electrons. The number of benzene rings is 9. The lowest BCUT2D eigenvalue weighted by molar-refractivity contribution is 1.17. The first kappa shape index (κ1) is 33.5. The van der Waals surface area contributed by atoms with E-state index in [0.717, 1.165) is 45.5 Å². The van der Waals surface area contributed by atoms with E-state index >= 15 is 0 Å². The van der Waals surface area contributed by atoms with Crippen LogP contribution in [0.5, 0.6) is 0 Å².